The van der Waals surface area contributed by atoms with Crippen molar-refractivity contribution in [2.45, 2.75) is 45.3 Å². The Balaban J connectivity index is 3.89. The minimum atomic E-state index is -1.19. The monoisotopic (exact) mass is 189 g/mol. The van der Waals surface area contributed by atoms with Gasteiger partial charge in [-0.05, 0) is 20.3 Å². The van der Waals surface area contributed by atoms with Gasteiger partial charge in [-0.2, -0.15) is 0 Å². The van der Waals surface area contributed by atoms with Crippen molar-refractivity contribution in [2.75, 3.05) is 6.61 Å². The summed E-state index contributed by atoms with van der Waals surface area (Å²) in [4.78, 5) is 10.6. The second kappa shape index (κ2) is 5.19. The minimum absolute atomic E-state index is 0.106. The molecule has 3 N–H and O–H groups in total. The van der Waals surface area contributed by atoms with E-state index in [1.165, 1.54) is 6.92 Å². The Morgan fingerprint density at radius 3 is 2.62 bits per heavy atom. The fraction of sp³-hybridized carbons (Fsp3) is 0.889. The van der Waals surface area contributed by atoms with E-state index in [0.29, 0.717) is 13.0 Å². The Labute approximate surface area is 79.1 Å². The van der Waals surface area contributed by atoms with E-state index in [0.717, 1.165) is 6.42 Å². The van der Waals surface area contributed by atoms with Crippen molar-refractivity contribution in [3.05, 3.63) is 0 Å². The number of carboxylic acid groups (broad SMARTS) is 1. The summed E-state index contributed by atoms with van der Waals surface area (Å²) in [6.07, 6.45) is 1.16. The first kappa shape index (κ1) is 12.4. The molecule has 0 bridgehead atoms. The van der Waals surface area contributed by atoms with Crippen molar-refractivity contribution in [1.29, 1.82) is 0 Å². The molecule has 0 aromatic heterocycles. The van der Waals surface area contributed by atoms with E-state index in [1.54, 1.807) is 0 Å². The second-order valence-electron chi connectivity index (χ2n) is 3.61. The van der Waals surface area contributed by atoms with Crippen LogP contribution in [0.5, 0.6) is 0 Å². The van der Waals surface area contributed by atoms with E-state index in [2.05, 4.69) is 0 Å². The maximum Gasteiger partial charge on any atom is 0.323 e. The zero-order valence-corrected chi connectivity index (χ0v) is 8.54. The Hall–Kier alpha value is -0.610. The predicted molar refractivity (Wildman–Crippen MR) is 50.6 cm³/mol. The number of carboxylic acids is 1. The molecule has 0 spiro atoms. The lowest BCUT2D eigenvalue weighted by atomic mass is 9.96. The molecule has 4 heteroatoms. The van der Waals surface area contributed by atoms with Gasteiger partial charge in [-0.25, -0.2) is 0 Å². The summed E-state index contributed by atoms with van der Waals surface area (Å²) < 4.78 is 5.33. The number of nitrogens with two attached hydrogens (primary N) is 1. The summed E-state index contributed by atoms with van der Waals surface area (Å²) in [6, 6.07) is 0. The lowest BCUT2D eigenvalue weighted by Crippen LogP contribution is -2.47. The predicted octanol–water partition coefficient (Wildman–Crippen LogP) is 0.994. The molecule has 0 aliphatic rings. The third-order valence-corrected chi connectivity index (χ3v) is 1.81. The highest BCUT2D eigenvalue weighted by Gasteiger charge is 2.30. The fourth-order valence-electron chi connectivity index (χ4n) is 1.06. The van der Waals surface area contributed by atoms with Gasteiger partial charge in [-0.15, -0.1) is 0 Å². The zero-order valence-electron chi connectivity index (χ0n) is 8.54. The summed E-state index contributed by atoms with van der Waals surface area (Å²) >= 11 is 0. The highest BCUT2D eigenvalue weighted by molar-refractivity contribution is 5.77. The lowest BCUT2D eigenvalue weighted by molar-refractivity contribution is -0.144. The van der Waals surface area contributed by atoms with Crippen molar-refractivity contribution >= 4 is 5.97 Å². The van der Waals surface area contributed by atoms with Crippen LogP contribution in [0.3, 0.4) is 0 Å². The van der Waals surface area contributed by atoms with E-state index in [9.17, 15) is 4.79 Å². The number of aliphatic carboxylic acids is 1. The molecule has 13 heavy (non-hydrogen) atoms. The number of carbonyl (C=O) groups is 1. The number of rotatable bonds is 6. The molecule has 2 unspecified atom stereocenters. The molecule has 0 aromatic carbocycles. The molecule has 0 saturated heterocycles. The summed E-state index contributed by atoms with van der Waals surface area (Å²) in [5, 5.41) is 8.74. The van der Waals surface area contributed by atoms with Crippen molar-refractivity contribution < 1.29 is 14.6 Å². The Kier molecular flexibility index (Phi) is 4.95. The van der Waals surface area contributed by atoms with Crippen molar-refractivity contribution in [2.24, 2.45) is 5.73 Å². The molecule has 0 aromatic rings. The van der Waals surface area contributed by atoms with Gasteiger partial charge < -0.3 is 15.6 Å². The van der Waals surface area contributed by atoms with Gasteiger partial charge in [0.25, 0.3) is 0 Å². The highest BCUT2D eigenvalue weighted by atomic mass is 16.5. The first-order valence-electron chi connectivity index (χ1n) is 4.54. The Bertz CT molecular complexity index is 168. The van der Waals surface area contributed by atoms with Gasteiger partial charge in [-0.3, -0.25) is 4.79 Å². The topological polar surface area (TPSA) is 72.5 Å². The summed E-state index contributed by atoms with van der Waals surface area (Å²) in [5.74, 6) is -0.987. The smallest absolute Gasteiger partial charge is 0.323 e. The normalized spacial score (nSPS) is 17.8. The summed E-state index contributed by atoms with van der Waals surface area (Å²) in [5.41, 5.74) is 4.37. The molecule has 0 aliphatic heterocycles. The molecule has 0 saturated carbocycles. The molecule has 0 aliphatic carbocycles. The minimum Gasteiger partial charge on any atom is -0.480 e. The molecule has 78 valence electrons. The summed E-state index contributed by atoms with van der Waals surface area (Å²) in [7, 11) is 0. The molecule has 4 nitrogen and oxygen atoms in total. The van der Waals surface area contributed by atoms with E-state index < -0.39 is 11.5 Å². The molecular formula is C9H19NO3. The molecular weight excluding hydrogens is 170 g/mol. The van der Waals surface area contributed by atoms with E-state index in [-0.39, 0.29) is 6.10 Å². The average Bonchev–Trinajstić information content (AvgIpc) is 1.99. The van der Waals surface area contributed by atoms with Gasteiger partial charge in [0.05, 0.1) is 6.10 Å². The molecule has 0 rings (SSSR count). The van der Waals surface area contributed by atoms with E-state index >= 15 is 0 Å². The van der Waals surface area contributed by atoms with Crippen molar-refractivity contribution in [3.8, 4) is 0 Å². The maximum absolute atomic E-state index is 10.6. The fourth-order valence-corrected chi connectivity index (χ4v) is 1.06. The van der Waals surface area contributed by atoms with Crippen LogP contribution in [0, 0.1) is 0 Å². The highest BCUT2D eigenvalue weighted by Crippen LogP contribution is 2.11. The first-order valence-corrected chi connectivity index (χ1v) is 4.54. The second-order valence-corrected chi connectivity index (χ2v) is 3.61. The van der Waals surface area contributed by atoms with Gasteiger partial charge in [0.15, 0.2) is 0 Å². The van der Waals surface area contributed by atoms with Crippen molar-refractivity contribution in [1.82, 2.24) is 0 Å². The van der Waals surface area contributed by atoms with Gasteiger partial charge in [0.2, 0.25) is 0 Å². The molecule has 0 heterocycles. The number of hydrogen-bond acceptors (Lipinski definition) is 3. The Morgan fingerprint density at radius 1 is 1.69 bits per heavy atom. The lowest BCUT2D eigenvalue weighted by Gasteiger charge is -2.23. The third kappa shape index (κ3) is 4.85. The standard InChI is InChI=1S/C9H19NO3/c1-4-5-13-7(2)6-9(3,10)8(11)12/h7H,4-6,10H2,1-3H3,(H,11,12). The van der Waals surface area contributed by atoms with Gasteiger partial charge >= 0.3 is 5.97 Å². The van der Waals surface area contributed by atoms with Crippen LogP contribution in [-0.2, 0) is 9.53 Å². The number of hydrogen-bond donors (Lipinski definition) is 2. The summed E-state index contributed by atoms with van der Waals surface area (Å²) in [6.45, 7) is 5.99. The van der Waals surface area contributed by atoms with Gasteiger partial charge in [0, 0.05) is 13.0 Å². The SMILES string of the molecule is CCCOC(C)CC(C)(N)C(=O)O. The Morgan fingerprint density at radius 2 is 2.23 bits per heavy atom. The van der Waals surface area contributed by atoms with E-state index in [4.69, 9.17) is 15.6 Å². The van der Waals surface area contributed by atoms with Crippen LogP contribution in [0.1, 0.15) is 33.6 Å². The van der Waals surface area contributed by atoms with Crippen LogP contribution in [-0.4, -0.2) is 29.3 Å². The van der Waals surface area contributed by atoms with Gasteiger partial charge in [0.1, 0.15) is 5.54 Å². The first-order chi connectivity index (χ1) is 5.90. The van der Waals surface area contributed by atoms with Gasteiger partial charge in [-0.1, -0.05) is 6.92 Å². The zero-order chi connectivity index (χ0) is 10.5. The quantitative estimate of drug-likeness (QED) is 0.653. The third-order valence-electron chi connectivity index (χ3n) is 1.81. The molecule has 0 radical (unpaired) electrons. The molecule has 0 fully saturated rings. The van der Waals surface area contributed by atoms with Crippen molar-refractivity contribution in [3.63, 3.8) is 0 Å². The van der Waals surface area contributed by atoms with Crippen LogP contribution in [0.4, 0.5) is 0 Å². The molecule has 2 atom stereocenters. The van der Waals surface area contributed by atoms with Crippen LogP contribution >= 0.6 is 0 Å². The van der Waals surface area contributed by atoms with Crippen LogP contribution in [0.15, 0.2) is 0 Å². The van der Waals surface area contributed by atoms with Crippen LogP contribution in [0.2, 0.25) is 0 Å². The van der Waals surface area contributed by atoms with E-state index in [1.807, 2.05) is 13.8 Å². The van der Waals surface area contributed by atoms with Crippen LogP contribution < -0.4 is 5.73 Å². The molecule has 0 amide bonds. The number of ether oxygens (including phenoxy) is 1. The maximum atomic E-state index is 10.6. The van der Waals surface area contributed by atoms with Crippen LogP contribution in [0.25, 0.3) is 0 Å². The average molecular weight is 189 g/mol. The largest absolute Gasteiger partial charge is 0.480 e.